The maximum absolute atomic E-state index is 11.8. The third kappa shape index (κ3) is 3.45. The van der Waals surface area contributed by atoms with Gasteiger partial charge in [0.25, 0.3) is 5.56 Å². The van der Waals surface area contributed by atoms with Crippen LogP contribution in [0.25, 0.3) is 0 Å². The molecule has 0 spiro atoms. The van der Waals surface area contributed by atoms with Gasteiger partial charge in [-0.25, -0.2) is 4.98 Å². The molecule has 1 aromatic heterocycles. The monoisotopic (exact) mass is 276 g/mol. The van der Waals surface area contributed by atoms with Gasteiger partial charge in [0.2, 0.25) is 0 Å². The van der Waals surface area contributed by atoms with Crippen molar-refractivity contribution in [1.29, 1.82) is 0 Å². The molecular weight excluding hydrogens is 264 g/mol. The SMILES string of the molecule is Cn1ccnc(Sc2ccc(CC(=O)O)cc2)c1=O. The van der Waals surface area contributed by atoms with Gasteiger partial charge in [-0.3, -0.25) is 9.59 Å². The highest BCUT2D eigenvalue weighted by atomic mass is 32.2. The van der Waals surface area contributed by atoms with Crippen LogP contribution in [0.3, 0.4) is 0 Å². The summed E-state index contributed by atoms with van der Waals surface area (Å²) in [5, 5.41) is 9.08. The molecule has 0 atom stereocenters. The van der Waals surface area contributed by atoms with Crippen molar-refractivity contribution < 1.29 is 9.90 Å². The van der Waals surface area contributed by atoms with E-state index in [0.29, 0.717) is 5.03 Å². The average molecular weight is 276 g/mol. The third-order valence-corrected chi connectivity index (χ3v) is 3.46. The average Bonchev–Trinajstić information content (AvgIpc) is 2.37. The van der Waals surface area contributed by atoms with Gasteiger partial charge < -0.3 is 9.67 Å². The molecule has 0 saturated heterocycles. The number of benzene rings is 1. The highest BCUT2D eigenvalue weighted by molar-refractivity contribution is 7.99. The van der Waals surface area contributed by atoms with Crippen molar-refractivity contribution in [2.24, 2.45) is 7.05 Å². The van der Waals surface area contributed by atoms with Gasteiger partial charge in [0, 0.05) is 24.3 Å². The van der Waals surface area contributed by atoms with Crippen molar-refractivity contribution in [2.75, 3.05) is 0 Å². The quantitative estimate of drug-likeness (QED) is 0.917. The molecule has 98 valence electrons. The van der Waals surface area contributed by atoms with E-state index in [0.717, 1.165) is 10.5 Å². The molecule has 0 amide bonds. The second-order valence-corrected chi connectivity index (χ2v) is 5.03. The van der Waals surface area contributed by atoms with Crippen molar-refractivity contribution in [3.05, 3.63) is 52.6 Å². The molecule has 0 saturated carbocycles. The largest absolute Gasteiger partial charge is 0.481 e. The number of aromatic nitrogens is 2. The zero-order valence-electron chi connectivity index (χ0n) is 10.2. The van der Waals surface area contributed by atoms with Crippen molar-refractivity contribution in [1.82, 2.24) is 9.55 Å². The normalized spacial score (nSPS) is 10.4. The van der Waals surface area contributed by atoms with Gasteiger partial charge in [0.1, 0.15) is 0 Å². The van der Waals surface area contributed by atoms with Gasteiger partial charge in [-0.05, 0) is 17.7 Å². The van der Waals surface area contributed by atoms with Gasteiger partial charge in [0.05, 0.1) is 6.42 Å². The molecule has 5 nitrogen and oxygen atoms in total. The van der Waals surface area contributed by atoms with Gasteiger partial charge in [-0.2, -0.15) is 0 Å². The number of carboxylic acid groups (broad SMARTS) is 1. The molecule has 2 aromatic rings. The number of aryl methyl sites for hydroxylation is 1. The topological polar surface area (TPSA) is 72.2 Å². The molecule has 0 aliphatic heterocycles. The van der Waals surface area contributed by atoms with E-state index >= 15 is 0 Å². The van der Waals surface area contributed by atoms with Crippen molar-refractivity contribution in [3.63, 3.8) is 0 Å². The molecule has 0 radical (unpaired) electrons. The smallest absolute Gasteiger partial charge is 0.307 e. The van der Waals surface area contributed by atoms with Gasteiger partial charge >= 0.3 is 5.97 Å². The lowest BCUT2D eigenvalue weighted by Gasteiger charge is -2.03. The Bertz CT molecular complexity index is 650. The predicted octanol–water partition coefficient (Wildman–Crippen LogP) is 1.56. The molecular formula is C13H12N2O3S. The van der Waals surface area contributed by atoms with Crippen LogP contribution in [0.4, 0.5) is 0 Å². The summed E-state index contributed by atoms with van der Waals surface area (Å²) in [6, 6.07) is 7.06. The fourth-order valence-corrected chi connectivity index (χ4v) is 2.35. The van der Waals surface area contributed by atoms with E-state index in [1.165, 1.54) is 16.3 Å². The summed E-state index contributed by atoms with van der Waals surface area (Å²) in [5.74, 6) is -0.862. The minimum atomic E-state index is -0.862. The Balaban J connectivity index is 2.18. The number of aliphatic carboxylic acids is 1. The Morgan fingerprint density at radius 2 is 2.05 bits per heavy atom. The fraction of sp³-hybridized carbons (Fsp3) is 0.154. The lowest BCUT2D eigenvalue weighted by molar-refractivity contribution is -0.136. The summed E-state index contributed by atoms with van der Waals surface area (Å²) < 4.78 is 1.47. The molecule has 19 heavy (non-hydrogen) atoms. The van der Waals surface area contributed by atoms with Gasteiger partial charge in [0.15, 0.2) is 5.03 Å². The highest BCUT2D eigenvalue weighted by Crippen LogP contribution is 2.23. The number of hydrogen-bond donors (Lipinski definition) is 1. The van der Waals surface area contributed by atoms with Crippen LogP contribution in [0.15, 0.2) is 51.4 Å². The van der Waals surface area contributed by atoms with Crippen LogP contribution < -0.4 is 5.56 Å². The zero-order valence-corrected chi connectivity index (χ0v) is 11.1. The standard InChI is InChI=1S/C13H12N2O3S/c1-15-7-6-14-12(13(15)18)19-10-4-2-9(3-5-10)8-11(16)17/h2-7H,8H2,1H3,(H,16,17). The molecule has 0 fully saturated rings. The third-order valence-electron chi connectivity index (χ3n) is 2.48. The fourth-order valence-electron chi connectivity index (χ4n) is 1.51. The van der Waals surface area contributed by atoms with Crippen LogP contribution in [0.1, 0.15) is 5.56 Å². The number of hydrogen-bond acceptors (Lipinski definition) is 4. The Morgan fingerprint density at radius 1 is 1.37 bits per heavy atom. The highest BCUT2D eigenvalue weighted by Gasteiger charge is 2.06. The molecule has 0 unspecified atom stereocenters. The number of nitrogens with zero attached hydrogens (tertiary/aromatic N) is 2. The minimum Gasteiger partial charge on any atom is -0.481 e. The lowest BCUT2D eigenvalue weighted by atomic mass is 10.2. The van der Waals surface area contributed by atoms with Crippen LogP contribution in [-0.2, 0) is 18.3 Å². The van der Waals surface area contributed by atoms with E-state index < -0.39 is 5.97 Å². The van der Waals surface area contributed by atoms with E-state index in [4.69, 9.17) is 5.11 Å². The first-order valence-electron chi connectivity index (χ1n) is 5.56. The van der Waals surface area contributed by atoms with E-state index in [1.54, 1.807) is 43.7 Å². The molecule has 0 aliphatic carbocycles. The van der Waals surface area contributed by atoms with Crippen molar-refractivity contribution in [3.8, 4) is 0 Å². The van der Waals surface area contributed by atoms with Gasteiger partial charge in [-0.1, -0.05) is 23.9 Å². The zero-order chi connectivity index (χ0) is 13.8. The molecule has 0 aliphatic rings. The maximum atomic E-state index is 11.8. The summed E-state index contributed by atoms with van der Waals surface area (Å²) in [6.07, 6.45) is 3.17. The second-order valence-electron chi connectivity index (χ2n) is 3.96. The van der Waals surface area contributed by atoms with E-state index in [-0.39, 0.29) is 12.0 Å². The molecule has 6 heteroatoms. The Kier molecular flexibility index (Phi) is 4.01. The van der Waals surface area contributed by atoms with Crippen LogP contribution in [0.2, 0.25) is 0 Å². The van der Waals surface area contributed by atoms with E-state index in [2.05, 4.69) is 4.98 Å². The summed E-state index contributed by atoms with van der Waals surface area (Å²) in [5.41, 5.74) is 0.577. The first-order valence-corrected chi connectivity index (χ1v) is 6.38. The molecule has 1 heterocycles. The first-order chi connectivity index (χ1) is 9.06. The Morgan fingerprint density at radius 3 is 2.68 bits per heavy atom. The summed E-state index contributed by atoms with van der Waals surface area (Å²) >= 11 is 1.26. The minimum absolute atomic E-state index is 0.00367. The van der Waals surface area contributed by atoms with Crippen LogP contribution >= 0.6 is 11.8 Å². The Labute approximate surface area is 113 Å². The van der Waals surface area contributed by atoms with E-state index in [1.807, 2.05) is 0 Å². The number of rotatable bonds is 4. The second kappa shape index (κ2) is 5.71. The lowest BCUT2D eigenvalue weighted by Crippen LogP contribution is -2.18. The Hall–Kier alpha value is -2.08. The van der Waals surface area contributed by atoms with Crippen LogP contribution in [0, 0.1) is 0 Å². The summed E-state index contributed by atoms with van der Waals surface area (Å²) in [7, 11) is 1.67. The van der Waals surface area contributed by atoms with Crippen molar-refractivity contribution >= 4 is 17.7 Å². The first kappa shape index (κ1) is 13.4. The molecule has 1 N–H and O–H groups in total. The number of carbonyl (C=O) groups is 1. The summed E-state index contributed by atoms with van der Waals surface area (Å²) in [6.45, 7) is 0. The van der Waals surface area contributed by atoms with E-state index in [9.17, 15) is 9.59 Å². The maximum Gasteiger partial charge on any atom is 0.307 e. The van der Waals surface area contributed by atoms with Crippen LogP contribution in [0.5, 0.6) is 0 Å². The number of carboxylic acids is 1. The predicted molar refractivity (Wildman–Crippen MR) is 71.4 cm³/mol. The van der Waals surface area contributed by atoms with Crippen molar-refractivity contribution in [2.45, 2.75) is 16.3 Å². The van der Waals surface area contributed by atoms with Crippen LogP contribution in [-0.4, -0.2) is 20.6 Å². The molecule has 0 bridgehead atoms. The van der Waals surface area contributed by atoms with Gasteiger partial charge in [-0.15, -0.1) is 0 Å². The summed E-state index contributed by atoms with van der Waals surface area (Å²) in [4.78, 5) is 27.2. The molecule has 1 aromatic carbocycles. The molecule has 2 rings (SSSR count).